The van der Waals surface area contributed by atoms with E-state index < -0.39 is 5.97 Å². The zero-order chi connectivity index (χ0) is 14.3. The molecule has 1 aliphatic heterocycles. The van der Waals surface area contributed by atoms with Gasteiger partial charge in [-0.1, -0.05) is 20.3 Å². The van der Waals surface area contributed by atoms with Gasteiger partial charge in [-0.05, 0) is 25.2 Å². The minimum atomic E-state index is -0.833. The molecule has 0 aromatic rings. The van der Waals surface area contributed by atoms with Crippen molar-refractivity contribution in [3.8, 4) is 0 Å². The van der Waals surface area contributed by atoms with E-state index in [0.717, 1.165) is 38.8 Å². The van der Waals surface area contributed by atoms with Gasteiger partial charge in [-0.2, -0.15) is 0 Å². The number of likely N-dealkylation sites (tertiary alicyclic amines) is 1. The Morgan fingerprint density at radius 2 is 2.21 bits per heavy atom. The summed E-state index contributed by atoms with van der Waals surface area (Å²) in [7, 11) is 0. The van der Waals surface area contributed by atoms with Crippen LogP contribution in [-0.2, 0) is 9.59 Å². The fourth-order valence-electron chi connectivity index (χ4n) is 2.68. The number of amides is 1. The summed E-state index contributed by atoms with van der Waals surface area (Å²) in [4.78, 5) is 24.6. The molecular formula is C14H26N2O3. The Hall–Kier alpha value is -1.10. The van der Waals surface area contributed by atoms with Crippen LogP contribution in [0.4, 0.5) is 0 Å². The number of aliphatic carboxylic acids is 1. The molecule has 1 fully saturated rings. The van der Waals surface area contributed by atoms with Gasteiger partial charge in [-0.3, -0.25) is 9.59 Å². The van der Waals surface area contributed by atoms with Crippen molar-refractivity contribution in [2.24, 2.45) is 11.8 Å². The molecule has 1 aliphatic rings. The molecule has 5 nitrogen and oxygen atoms in total. The van der Waals surface area contributed by atoms with E-state index in [9.17, 15) is 9.59 Å². The first kappa shape index (κ1) is 16.0. The molecule has 0 spiro atoms. The van der Waals surface area contributed by atoms with Crippen LogP contribution in [0.5, 0.6) is 0 Å². The molecule has 0 aromatic carbocycles. The molecule has 2 unspecified atom stereocenters. The maximum absolute atomic E-state index is 12.2. The molecule has 0 saturated carbocycles. The van der Waals surface area contributed by atoms with Gasteiger partial charge in [0, 0.05) is 25.6 Å². The van der Waals surface area contributed by atoms with Crippen molar-refractivity contribution in [3.05, 3.63) is 0 Å². The molecule has 0 radical (unpaired) electrons. The fourth-order valence-corrected chi connectivity index (χ4v) is 2.68. The Morgan fingerprint density at radius 1 is 1.47 bits per heavy atom. The van der Waals surface area contributed by atoms with E-state index in [2.05, 4.69) is 12.2 Å². The van der Waals surface area contributed by atoms with E-state index in [1.165, 1.54) is 0 Å². The Bertz CT molecular complexity index is 307. The lowest BCUT2D eigenvalue weighted by Gasteiger charge is -2.34. The Kier molecular flexibility index (Phi) is 6.84. The van der Waals surface area contributed by atoms with Crippen LogP contribution < -0.4 is 5.32 Å². The number of piperidine rings is 1. The van der Waals surface area contributed by atoms with Crippen molar-refractivity contribution in [3.63, 3.8) is 0 Å². The normalized spacial score (nSPS) is 21.2. The van der Waals surface area contributed by atoms with Crippen molar-refractivity contribution >= 4 is 11.9 Å². The lowest BCUT2D eigenvalue weighted by molar-refractivity contribution is -0.138. The summed E-state index contributed by atoms with van der Waals surface area (Å²) in [5.41, 5.74) is 0. The van der Waals surface area contributed by atoms with Crippen LogP contribution in [0.1, 0.15) is 39.5 Å². The molecule has 1 rings (SSSR count). The molecule has 2 atom stereocenters. The first-order valence-corrected chi connectivity index (χ1v) is 7.25. The average molecular weight is 270 g/mol. The molecule has 0 bridgehead atoms. The third kappa shape index (κ3) is 5.59. The van der Waals surface area contributed by atoms with E-state index in [4.69, 9.17) is 5.11 Å². The highest BCUT2D eigenvalue weighted by Crippen LogP contribution is 2.19. The van der Waals surface area contributed by atoms with Crippen molar-refractivity contribution in [1.82, 2.24) is 10.2 Å². The summed E-state index contributed by atoms with van der Waals surface area (Å²) in [5.74, 6) is -0.0910. The number of carboxylic acid groups (broad SMARTS) is 1. The first-order valence-electron chi connectivity index (χ1n) is 7.25. The Labute approximate surface area is 115 Å². The van der Waals surface area contributed by atoms with Gasteiger partial charge in [-0.25, -0.2) is 0 Å². The first-order chi connectivity index (χ1) is 9.04. The molecule has 1 saturated heterocycles. The van der Waals surface area contributed by atoms with Gasteiger partial charge in [0.1, 0.15) is 0 Å². The topological polar surface area (TPSA) is 69.6 Å². The van der Waals surface area contributed by atoms with Crippen molar-refractivity contribution in [2.45, 2.75) is 39.5 Å². The predicted octanol–water partition coefficient (Wildman–Crippen LogP) is 1.34. The Balaban J connectivity index is 2.36. The van der Waals surface area contributed by atoms with Gasteiger partial charge in [0.05, 0.1) is 6.54 Å². The number of nitrogens with one attached hydrogen (secondary N) is 1. The molecule has 0 aromatic heterocycles. The van der Waals surface area contributed by atoms with Gasteiger partial charge in [0.25, 0.3) is 0 Å². The molecule has 2 N–H and O–H groups in total. The summed E-state index contributed by atoms with van der Waals surface area (Å²) >= 11 is 0. The van der Waals surface area contributed by atoms with Crippen LogP contribution in [0.25, 0.3) is 0 Å². The van der Waals surface area contributed by atoms with Gasteiger partial charge in [-0.15, -0.1) is 0 Å². The SMILES string of the molecule is CCCC(C)C(=O)N1CCCC(CNCC(=O)O)C1. The molecule has 1 heterocycles. The highest BCUT2D eigenvalue weighted by atomic mass is 16.4. The molecule has 1 amide bonds. The van der Waals surface area contributed by atoms with Crippen molar-refractivity contribution in [1.29, 1.82) is 0 Å². The van der Waals surface area contributed by atoms with E-state index in [1.807, 2.05) is 11.8 Å². The number of carbonyl (C=O) groups excluding carboxylic acids is 1. The number of nitrogens with zero attached hydrogens (tertiary/aromatic N) is 1. The van der Waals surface area contributed by atoms with Crippen LogP contribution in [0.3, 0.4) is 0 Å². The predicted molar refractivity (Wildman–Crippen MR) is 73.9 cm³/mol. The van der Waals surface area contributed by atoms with E-state index in [0.29, 0.717) is 12.5 Å². The number of rotatable bonds is 7. The lowest BCUT2D eigenvalue weighted by Crippen LogP contribution is -2.45. The maximum Gasteiger partial charge on any atom is 0.317 e. The standard InChI is InChI=1S/C14H26N2O3/c1-3-5-11(2)14(19)16-7-4-6-12(10-16)8-15-9-13(17)18/h11-12,15H,3-10H2,1-2H3,(H,17,18). The largest absolute Gasteiger partial charge is 0.480 e. The van der Waals surface area contributed by atoms with Crippen LogP contribution >= 0.6 is 0 Å². The number of hydrogen-bond acceptors (Lipinski definition) is 3. The average Bonchev–Trinajstić information content (AvgIpc) is 2.38. The van der Waals surface area contributed by atoms with Crippen LogP contribution in [0, 0.1) is 11.8 Å². The van der Waals surface area contributed by atoms with Gasteiger partial charge in [0.2, 0.25) is 5.91 Å². The molecule has 110 valence electrons. The van der Waals surface area contributed by atoms with Gasteiger partial charge >= 0.3 is 5.97 Å². The van der Waals surface area contributed by atoms with E-state index >= 15 is 0 Å². The van der Waals surface area contributed by atoms with E-state index in [-0.39, 0.29) is 18.4 Å². The second kappa shape index (κ2) is 8.15. The molecule has 0 aliphatic carbocycles. The second-order valence-electron chi connectivity index (χ2n) is 5.51. The highest BCUT2D eigenvalue weighted by Gasteiger charge is 2.26. The molecular weight excluding hydrogens is 244 g/mol. The van der Waals surface area contributed by atoms with Crippen molar-refractivity contribution < 1.29 is 14.7 Å². The summed E-state index contributed by atoms with van der Waals surface area (Å²) in [5, 5.41) is 11.5. The number of hydrogen-bond donors (Lipinski definition) is 2. The van der Waals surface area contributed by atoms with Crippen LogP contribution in [0.15, 0.2) is 0 Å². The van der Waals surface area contributed by atoms with Crippen molar-refractivity contribution in [2.75, 3.05) is 26.2 Å². The Morgan fingerprint density at radius 3 is 2.84 bits per heavy atom. The summed E-state index contributed by atoms with van der Waals surface area (Å²) < 4.78 is 0. The second-order valence-corrected chi connectivity index (χ2v) is 5.51. The van der Waals surface area contributed by atoms with E-state index in [1.54, 1.807) is 0 Å². The van der Waals surface area contributed by atoms with Gasteiger partial charge in [0.15, 0.2) is 0 Å². The lowest BCUT2D eigenvalue weighted by atomic mass is 9.95. The minimum absolute atomic E-state index is 0.00329. The summed E-state index contributed by atoms with van der Waals surface area (Å²) in [6.07, 6.45) is 4.06. The summed E-state index contributed by atoms with van der Waals surface area (Å²) in [6.45, 7) is 6.38. The summed E-state index contributed by atoms with van der Waals surface area (Å²) in [6, 6.07) is 0. The smallest absolute Gasteiger partial charge is 0.317 e. The van der Waals surface area contributed by atoms with Gasteiger partial charge < -0.3 is 15.3 Å². The maximum atomic E-state index is 12.2. The highest BCUT2D eigenvalue weighted by molar-refractivity contribution is 5.78. The number of carboxylic acids is 1. The zero-order valence-corrected chi connectivity index (χ0v) is 12.0. The third-order valence-corrected chi connectivity index (χ3v) is 3.68. The molecule has 5 heteroatoms. The minimum Gasteiger partial charge on any atom is -0.480 e. The molecule has 19 heavy (non-hydrogen) atoms. The van der Waals surface area contributed by atoms with Crippen LogP contribution in [0.2, 0.25) is 0 Å². The van der Waals surface area contributed by atoms with Crippen LogP contribution in [-0.4, -0.2) is 48.1 Å². The zero-order valence-electron chi connectivity index (χ0n) is 12.0. The third-order valence-electron chi connectivity index (χ3n) is 3.68. The fraction of sp³-hybridized carbons (Fsp3) is 0.857. The monoisotopic (exact) mass is 270 g/mol. The number of carbonyl (C=O) groups is 2. The quantitative estimate of drug-likeness (QED) is 0.732.